The molecular formula is C13H14ClN3OS. The summed E-state index contributed by atoms with van der Waals surface area (Å²) in [6.45, 7) is 1.90. The fourth-order valence-electron chi connectivity index (χ4n) is 2.17. The van der Waals surface area contributed by atoms with E-state index in [1.807, 2.05) is 17.5 Å². The maximum absolute atomic E-state index is 5.85. The lowest BCUT2D eigenvalue weighted by Gasteiger charge is -2.32. The minimum atomic E-state index is 0.259. The van der Waals surface area contributed by atoms with Crippen molar-refractivity contribution in [1.82, 2.24) is 9.97 Å². The zero-order chi connectivity index (χ0) is 13.1. The van der Waals surface area contributed by atoms with E-state index in [4.69, 9.17) is 16.3 Å². The van der Waals surface area contributed by atoms with E-state index in [2.05, 4.69) is 14.9 Å². The highest BCUT2D eigenvalue weighted by Crippen LogP contribution is 2.23. The molecule has 4 nitrogen and oxygen atoms in total. The average molecular weight is 296 g/mol. The molecule has 3 heterocycles. The smallest absolute Gasteiger partial charge is 0.273 e. The van der Waals surface area contributed by atoms with Crippen molar-refractivity contribution >= 4 is 28.8 Å². The first kappa shape index (κ1) is 12.7. The number of piperidine rings is 1. The molecule has 0 radical (unpaired) electrons. The summed E-state index contributed by atoms with van der Waals surface area (Å²) in [5, 5.41) is 3.37. The molecule has 0 spiro atoms. The van der Waals surface area contributed by atoms with Gasteiger partial charge in [-0.25, -0.2) is 9.97 Å². The second-order valence-electron chi connectivity index (χ2n) is 4.44. The Morgan fingerprint density at radius 3 is 2.74 bits per heavy atom. The molecule has 0 bridgehead atoms. The molecule has 19 heavy (non-hydrogen) atoms. The second-order valence-corrected chi connectivity index (χ2v) is 5.73. The van der Waals surface area contributed by atoms with Crippen LogP contribution in [0.3, 0.4) is 0 Å². The topological polar surface area (TPSA) is 38.2 Å². The van der Waals surface area contributed by atoms with Gasteiger partial charge in [0.1, 0.15) is 11.9 Å². The minimum Gasteiger partial charge on any atom is -0.467 e. The molecule has 0 aliphatic carbocycles. The first-order valence-corrected chi connectivity index (χ1v) is 7.50. The molecule has 0 aromatic carbocycles. The second kappa shape index (κ2) is 5.75. The zero-order valence-corrected chi connectivity index (χ0v) is 11.9. The van der Waals surface area contributed by atoms with E-state index in [0.29, 0.717) is 5.02 Å². The van der Waals surface area contributed by atoms with Crippen LogP contribution in [0.2, 0.25) is 5.02 Å². The van der Waals surface area contributed by atoms with Crippen molar-refractivity contribution < 1.29 is 4.74 Å². The van der Waals surface area contributed by atoms with E-state index in [-0.39, 0.29) is 6.10 Å². The predicted octanol–water partition coefficient (Wildman–Crippen LogP) is 3.24. The maximum atomic E-state index is 5.85. The molecule has 2 aromatic heterocycles. The third-order valence-corrected chi connectivity index (χ3v) is 4.04. The van der Waals surface area contributed by atoms with Crippen LogP contribution in [-0.2, 0) is 0 Å². The highest BCUT2D eigenvalue weighted by molar-refractivity contribution is 7.11. The Morgan fingerprint density at radius 1 is 1.26 bits per heavy atom. The Bertz CT molecular complexity index is 509. The van der Waals surface area contributed by atoms with Gasteiger partial charge in [-0.05, 0) is 12.1 Å². The number of ether oxygens (including phenoxy) is 1. The van der Waals surface area contributed by atoms with Gasteiger partial charge in [-0.1, -0.05) is 22.9 Å². The number of hydrogen-bond acceptors (Lipinski definition) is 5. The van der Waals surface area contributed by atoms with Gasteiger partial charge in [0.05, 0.1) is 5.02 Å². The average Bonchev–Trinajstić information content (AvgIpc) is 2.94. The Morgan fingerprint density at radius 2 is 2.11 bits per heavy atom. The Balaban J connectivity index is 1.56. The normalized spacial score (nSPS) is 16.6. The van der Waals surface area contributed by atoms with Crippen LogP contribution in [0, 0.1) is 0 Å². The first-order valence-electron chi connectivity index (χ1n) is 6.24. The van der Waals surface area contributed by atoms with Crippen molar-refractivity contribution in [2.24, 2.45) is 0 Å². The van der Waals surface area contributed by atoms with Gasteiger partial charge in [0.2, 0.25) is 0 Å². The van der Waals surface area contributed by atoms with Gasteiger partial charge in [0, 0.05) is 43.7 Å². The molecule has 0 atom stereocenters. The van der Waals surface area contributed by atoms with Crippen LogP contribution in [0.1, 0.15) is 12.8 Å². The first-order chi connectivity index (χ1) is 9.31. The van der Waals surface area contributed by atoms with Crippen LogP contribution in [0.15, 0.2) is 29.9 Å². The molecule has 0 unspecified atom stereocenters. The van der Waals surface area contributed by atoms with Crippen molar-refractivity contribution in [3.05, 3.63) is 34.9 Å². The summed E-state index contributed by atoms with van der Waals surface area (Å²) in [5.74, 6) is 0.983. The lowest BCUT2D eigenvalue weighted by Crippen LogP contribution is -2.38. The Labute approximate surface area is 121 Å². The monoisotopic (exact) mass is 295 g/mol. The predicted molar refractivity (Wildman–Crippen MR) is 77.2 cm³/mol. The number of thiazole rings is 1. The van der Waals surface area contributed by atoms with Crippen LogP contribution >= 0.6 is 22.9 Å². The van der Waals surface area contributed by atoms with Crippen LogP contribution < -0.4 is 9.64 Å². The zero-order valence-electron chi connectivity index (χ0n) is 10.3. The van der Waals surface area contributed by atoms with Crippen molar-refractivity contribution in [3.63, 3.8) is 0 Å². The molecule has 0 amide bonds. The van der Waals surface area contributed by atoms with E-state index in [0.717, 1.165) is 36.9 Å². The third-order valence-electron chi connectivity index (χ3n) is 3.15. The van der Waals surface area contributed by atoms with Crippen LogP contribution in [0.5, 0.6) is 5.19 Å². The van der Waals surface area contributed by atoms with Crippen LogP contribution in [0.25, 0.3) is 0 Å². The number of halogens is 1. The van der Waals surface area contributed by atoms with E-state index in [1.54, 1.807) is 23.7 Å². The molecule has 1 aliphatic heterocycles. The Hall–Kier alpha value is -1.33. The van der Waals surface area contributed by atoms with Crippen molar-refractivity contribution in [2.75, 3.05) is 18.0 Å². The molecule has 3 rings (SSSR count). The summed E-state index contributed by atoms with van der Waals surface area (Å²) in [6.07, 6.45) is 5.70. The molecule has 0 saturated carbocycles. The van der Waals surface area contributed by atoms with Gasteiger partial charge in [-0.3, -0.25) is 0 Å². The number of hydrogen-bond donors (Lipinski definition) is 0. The van der Waals surface area contributed by atoms with E-state index < -0.39 is 0 Å². The summed E-state index contributed by atoms with van der Waals surface area (Å²) in [6, 6.07) is 3.84. The van der Waals surface area contributed by atoms with Gasteiger partial charge in [-0.2, -0.15) is 0 Å². The van der Waals surface area contributed by atoms with Gasteiger partial charge < -0.3 is 9.64 Å². The highest BCUT2D eigenvalue weighted by Gasteiger charge is 2.21. The van der Waals surface area contributed by atoms with E-state index in [9.17, 15) is 0 Å². The SMILES string of the molecule is Clc1ccc(N2CCC(Oc3nccs3)CC2)nc1. The molecule has 6 heteroatoms. The minimum absolute atomic E-state index is 0.259. The van der Waals surface area contributed by atoms with Crippen molar-refractivity contribution in [3.8, 4) is 5.19 Å². The quantitative estimate of drug-likeness (QED) is 0.871. The van der Waals surface area contributed by atoms with Gasteiger partial charge in [-0.15, -0.1) is 0 Å². The maximum Gasteiger partial charge on any atom is 0.273 e. The van der Waals surface area contributed by atoms with E-state index >= 15 is 0 Å². The summed E-state index contributed by atoms with van der Waals surface area (Å²) >= 11 is 7.39. The van der Waals surface area contributed by atoms with Gasteiger partial charge in [0.15, 0.2) is 0 Å². The fraction of sp³-hybridized carbons (Fsp3) is 0.385. The molecule has 1 fully saturated rings. The molecular weight excluding hydrogens is 282 g/mol. The van der Waals surface area contributed by atoms with Crippen molar-refractivity contribution in [2.45, 2.75) is 18.9 Å². The lowest BCUT2D eigenvalue weighted by atomic mass is 10.1. The molecule has 0 N–H and O–H groups in total. The Kier molecular flexibility index (Phi) is 3.84. The van der Waals surface area contributed by atoms with E-state index in [1.165, 1.54) is 0 Å². The van der Waals surface area contributed by atoms with Crippen LogP contribution in [0.4, 0.5) is 5.82 Å². The number of aromatic nitrogens is 2. The summed E-state index contributed by atoms with van der Waals surface area (Å²) in [4.78, 5) is 10.8. The number of pyridine rings is 1. The summed E-state index contributed by atoms with van der Waals surface area (Å²) in [5.41, 5.74) is 0. The highest BCUT2D eigenvalue weighted by atomic mass is 35.5. The van der Waals surface area contributed by atoms with Crippen LogP contribution in [-0.4, -0.2) is 29.2 Å². The third kappa shape index (κ3) is 3.16. The fourth-order valence-corrected chi connectivity index (χ4v) is 2.83. The number of rotatable bonds is 3. The molecule has 1 saturated heterocycles. The molecule has 2 aromatic rings. The summed E-state index contributed by atoms with van der Waals surface area (Å²) < 4.78 is 5.84. The van der Waals surface area contributed by atoms with Gasteiger partial charge >= 0.3 is 0 Å². The summed E-state index contributed by atoms with van der Waals surface area (Å²) in [7, 11) is 0. The number of nitrogens with zero attached hydrogens (tertiary/aromatic N) is 3. The standard InChI is InChI=1S/C13H14ClN3OS/c14-10-1-2-12(16-9-10)17-6-3-11(4-7-17)18-13-15-5-8-19-13/h1-2,5,8-9,11H,3-4,6-7H2. The van der Waals surface area contributed by atoms with Gasteiger partial charge in [0.25, 0.3) is 5.19 Å². The largest absolute Gasteiger partial charge is 0.467 e. The van der Waals surface area contributed by atoms with Crippen molar-refractivity contribution in [1.29, 1.82) is 0 Å². The number of anilines is 1. The molecule has 100 valence electrons. The lowest BCUT2D eigenvalue weighted by molar-refractivity contribution is 0.170. The molecule has 1 aliphatic rings.